The van der Waals surface area contributed by atoms with Gasteiger partial charge in [-0.15, -0.1) is 10.2 Å². The molecule has 6 nitrogen and oxygen atoms in total. The first-order valence-electron chi connectivity index (χ1n) is 8.96. The molecule has 1 aliphatic rings. The third kappa shape index (κ3) is 3.74. The van der Waals surface area contributed by atoms with E-state index >= 15 is 0 Å². The summed E-state index contributed by atoms with van der Waals surface area (Å²) in [5, 5.41) is 22.0. The fourth-order valence-electron chi connectivity index (χ4n) is 3.28. The maximum atomic E-state index is 12.5. The van der Waals surface area contributed by atoms with E-state index in [1.807, 2.05) is 37.3 Å². The highest BCUT2D eigenvalue weighted by atomic mass is 16.3. The number of rotatable bonds is 6. The Morgan fingerprint density at radius 3 is 2.84 bits per heavy atom. The Labute approximate surface area is 148 Å². The molecule has 0 spiro atoms. The number of hydrogen-bond donors (Lipinski definition) is 2. The van der Waals surface area contributed by atoms with Crippen LogP contribution in [0.3, 0.4) is 0 Å². The van der Waals surface area contributed by atoms with Gasteiger partial charge in [0.1, 0.15) is 17.2 Å². The number of hydrogen-bond acceptors (Lipinski definition) is 4. The van der Waals surface area contributed by atoms with Crippen molar-refractivity contribution in [1.29, 1.82) is 0 Å². The van der Waals surface area contributed by atoms with Gasteiger partial charge in [-0.05, 0) is 25.3 Å². The molecule has 0 fully saturated rings. The lowest BCUT2D eigenvalue weighted by molar-refractivity contribution is -0.139. The molecule has 0 saturated heterocycles. The van der Waals surface area contributed by atoms with Crippen LogP contribution in [0.15, 0.2) is 30.3 Å². The molecular weight excluding hydrogens is 316 g/mol. The Morgan fingerprint density at radius 2 is 2.08 bits per heavy atom. The summed E-state index contributed by atoms with van der Waals surface area (Å²) in [6.45, 7) is 4.83. The SMILES string of the molecule is C[C@H](c1ccccc1)[C@](C)(O)C(=O)NCCc1nnc2n1CCCC2. The lowest BCUT2D eigenvalue weighted by Crippen LogP contribution is -2.48. The van der Waals surface area contributed by atoms with Crippen molar-refractivity contribution in [1.82, 2.24) is 20.1 Å². The van der Waals surface area contributed by atoms with Crippen molar-refractivity contribution in [2.75, 3.05) is 6.54 Å². The second-order valence-corrected chi connectivity index (χ2v) is 6.93. The van der Waals surface area contributed by atoms with Gasteiger partial charge in [-0.2, -0.15) is 0 Å². The van der Waals surface area contributed by atoms with E-state index in [1.54, 1.807) is 6.92 Å². The molecule has 2 atom stereocenters. The van der Waals surface area contributed by atoms with Gasteiger partial charge >= 0.3 is 0 Å². The molecule has 0 saturated carbocycles. The molecule has 0 bridgehead atoms. The summed E-state index contributed by atoms with van der Waals surface area (Å²) in [6, 6.07) is 9.59. The minimum absolute atomic E-state index is 0.297. The number of nitrogens with zero attached hydrogens (tertiary/aromatic N) is 3. The zero-order chi connectivity index (χ0) is 17.9. The van der Waals surface area contributed by atoms with Crippen LogP contribution in [0.25, 0.3) is 0 Å². The molecular formula is C19H26N4O2. The summed E-state index contributed by atoms with van der Waals surface area (Å²) in [4.78, 5) is 12.5. The molecule has 134 valence electrons. The molecule has 1 aliphatic heterocycles. The lowest BCUT2D eigenvalue weighted by Gasteiger charge is -2.29. The molecule has 0 unspecified atom stereocenters. The highest BCUT2D eigenvalue weighted by molar-refractivity contribution is 5.85. The van der Waals surface area contributed by atoms with Crippen LogP contribution >= 0.6 is 0 Å². The van der Waals surface area contributed by atoms with E-state index < -0.39 is 5.60 Å². The Kier molecular flexibility index (Phi) is 5.18. The van der Waals surface area contributed by atoms with E-state index in [0.29, 0.717) is 13.0 Å². The summed E-state index contributed by atoms with van der Waals surface area (Å²) < 4.78 is 2.15. The van der Waals surface area contributed by atoms with Crippen molar-refractivity contribution >= 4 is 5.91 Å². The van der Waals surface area contributed by atoms with E-state index in [1.165, 1.54) is 0 Å². The van der Waals surface area contributed by atoms with Crippen LogP contribution in [0.5, 0.6) is 0 Å². The third-order valence-corrected chi connectivity index (χ3v) is 5.17. The Bertz CT molecular complexity index is 724. The molecule has 2 N–H and O–H groups in total. The van der Waals surface area contributed by atoms with Crippen molar-refractivity contribution in [3.8, 4) is 0 Å². The van der Waals surface area contributed by atoms with Gasteiger partial charge in [-0.1, -0.05) is 37.3 Å². The molecule has 1 aromatic heterocycles. The lowest BCUT2D eigenvalue weighted by atomic mass is 9.84. The van der Waals surface area contributed by atoms with Crippen LogP contribution in [0.1, 0.15) is 49.8 Å². The molecule has 2 aromatic rings. The van der Waals surface area contributed by atoms with Gasteiger partial charge in [-0.25, -0.2) is 0 Å². The molecule has 3 rings (SSSR count). The van der Waals surface area contributed by atoms with E-state index in [2.05, 4.69) is 20.1 Å². The molecule has 2 heterocycles. The zero-order valence-corrected chi connectivity index (χ0v) is 14.9. The molecule has 1 amide bonds. The van der Waals surface area contributed by atoms with Crippen LogP contribution in [0.2, 0.25) is 0 Å². The highest BCUT2D eigenvalue weighted by Crippen LogP contribution is 2.27. The summed E-state index contributed by atoms with van der Waals surface area (Å²) in [7, 11) is 0. The van der Waals surface area contributed by atoms with Gasteiger partial charge in [0.2, 0.25) is 0 Å². The fraction of sp³-hybridized carbons (Fsp3) is 0.526. The summed E-state index contributed by atoms with van der Waals surface area (Å²) in [5.74, 6) is 1.29. The number of aryl methyl sites for hydroxylation is 1. The van der Waals surface area contributed by atoms with Crippen LogP contribution in [0.4, 0.5) is 0 Å². The second-order valence-electron chi connectivity index (χ2n) is 6.93. The maximum absolute atomic E-state index is 12.5. The highest BCUT2D eigenvalue weighted by Gasteiger charge is 2.37. The van der Waals surface area contributed by atoms with E-state index in [9.17, 15) is 9.90 Å². The topological polar surface area (TPSA) is 80.0 Å². The first kappa shape index (κ1) is 17.6. The largest absolute Gasteiger partial charge is 0.380 e. The average Bonchev–Trinajstić information content (AvgIpc) is 3.05. The predicted molar refractivity (Wildman–Crippen MR) is 95.2 cm³/mol. The number of benzene rings is 1. The summed E-state index contributed by atoms with van der Waals surface area (Å²) in [5.41, 5.74) is -0.528. The molecule has 1 aromatic carbocycles. The quantitative estimate of drug-likeness (QED) is 0.839. The number of nitrogens with one attached hydrogen (secondary N) is 1. The molecule has 6 heteroatoms. The number of aliphatic hydroxyl groups is 1. The normalized spacial score (nSPS) is 17.4. The first-order chi connectivity index (χ1) is 12.0. The molecule has 25 heavy (non-hydrogen) atoms. The van der Waals surface area contributed by atoms with Gasteiger partial charge in [0.25, 0.3) is 5.91 Å². The monoisotopic (exact) mass is 342 g/mol. The van der Waals surface area contributed by atoms with Crippen molar-refractivity contribution in [3.63, 3.8) is 0 Å². The van der Waals surface area contributed by atoms with Crippen molar-refractivity contribution < 1.29 is 9.90 Å². The smallest absolute Gasteiger partial charge is 0.252 e. The number of fused-ring (bicyclic) bond motifs is 1. The Hall–Kier alpha value is -2.21. The predicted octanol–water partition coefficient (Wildman–Crippen LogP) is 1.83. The standard InChI is InChI=1S/C19H26N4O2/c1-14(15-8-4-3-5-9-15)19(2,25)18(24)20-12-11-17-22-21-16-10-6-7-13-23(16)17/h3-5,8-9,14,25H,6-7,10-13H2,1-2H3,(H,20,24)/t14-,19+/m1/s1. The Morgan fingerprint density at radius 1 is 1.32 bits per heavy atom. The number of aromatic nitrogens is 3. The van der Waals surface area contributed by atoms with Crippen molar-refractivity contribution in [2.45, 2.75) is 57.6 Å². The van der Waals surface area contributed by atoms with Crippen LogP contribution in [-0.4, -0.2) is 37.9 Å². The number of carbonyl (C=O) groups excluding carboxylic acids is 1. The zero-order valence-electron chi connectivity index (χ0n) is 14.9. The number of carbonyl (C=O) groups is 1. The van der Waals surface area contributed by atoms with Crippen LogP contribution < -0.4 is 5.32 Å². The minimum Gasteiger partial charge on any atom is -0.380 e. The van der Waals surface area contributed by atoms with Crippen molar-refractivity contribution in [2.24, 2.45) is 0 Å². The van der Waals surface area contributed by atoms with Gasteiger partial charge in [0.15, 0.2) is 0 Å². The second kappa shape index (κ2) is 7.35. The van der Waals surface area contributed by atoms with Crippen molar-refractivity contribution in [3.05, 3.63) is 47.5 Å². The molecule has 0 aliphatic carbocycles. The average molecular weight is 342 g/mol. The minimum atomic E-state index is -1.47. The van der Waals surface area contributed by atoms with Gasteiger partial charge in [-0.3, -0.25) is 4.79 Å². The third-order valence-electron chi connectivity index (χ3n) is 5.17. The maximum Gasteiger partial charge on any atom is 0.252 e. The summed E-state index contributed by atoms with van der Waals surface area (Å²) in [6.07, 6.45) is 3.90. The summed E-state index contributed by atoms with van der Waals surface area (Å²) >= 11 is 0. The molecule has 0 radical (unpaired) electrons. The first-order valence-corrected chi connectivity index (χ1v) is 8.96. The van der Waals surface area contributed by atoms with Crippen LogP contribution in [-0.2, 0) is 24.2 Å². The van der Waals surface area contributed by atoms with Gasteiger partial charge in [0, 0.05) is 31.8 Å². The van der Waals surface area contributed by atoms with E-state index in [-0.39, 0.29) is 11.8 Å². The van der Waals surface area contributed by atoms with E-state index in [0.717, 1.165) is 43.0 Å². The van der Waals surface area contributed by atoms with Crippen LogP contribution in [0, 0.1) is 0 Å². The van der Waals surface area contributed by atoms with E-state index in [4.69, 9.17) is 0 Å². The Balaban J connectivity index is 1.57. The van der Waals surface area contributed by atoms with Gasteiger partial charge < -0.3 is 15.0 Å². The number of amides is 1. The van der Waals surface area contributed by atoms with Gasteiger partial charge in [0.05, 0.1) is 0 Å². The fourth-order valence-corrected chi connectivity index (χ4v) is 3.28.